The van der Waals surface area contributed by atoms with Gasteiger partial charge in [-0.2, -0.15) is 0 Å². The summed E-state index contributed by atoms with van der Waals surface area (Å²) in [6, 6.07) is 7.73. The van der Waals surface area contributed by atoms with Gasteiger partial charge in [0.2, 0.25) is 0 Å². The van der Waals surface area contributed by atoms with Crippen molar-refractivity contribution in [2.24, 2.45) is 11.8 Å². The van der Waals surface area contributed by atoms with Gasteiger partial charge in [0.05, 0.1) is 16.9 Å². The molecule has 0 amide bonds. The average molecular weight is 280 g/mol. The van der Waals surface area contributed by atoms with E-state index in [1.165, 1.54) is 0 Å². The number of aliphatic hydroxyl groups excluding tert-OH is 1. The van der Waals surface area contributed by atoms with Crippen molar-refractivity contribution in [2.75, 3.05) is 0 Å². The molecule has 0 saturated heterocycles. The summed E-state index contributed by atoms with van der Waals surface area (Å²) in [5, 5.41) is 9.58. The maximum atomic E-state index is 12.7. The van der Waals surface area contributed by atoms with Crippen molar-refractivity contribution in [3.63, 3.8) is 0 Å². The van der Waals surface area contributed by atoms with E-state index in [1.807, 2.05) is 31.2 Å². The molecule has 106 valence electrons. The van der Waals surface area contributed by atoms with Gasteiger partial charge in [0.1, 0.15) is 0 Å². The van der Waals surface area contributed by atoms with Crippen LogP contribution in [0.4, 0.5) is 0 Å². The van der Waals surface area contributed by atoms with Crippen LogP contribution < -0.4 is 0 Å². The van der Waals surface area contributed by atoms with Crippen molar-refractivity contribution in [3.8, 4) is 0 Å². The summed E-state index contributed by atoms with van der Waals surface area (Å²) in [6.45, 7) is 9.97. The number of hydrogen-bond donors (Lipinski definition) is 1. The highest BCUT2D eigenvalue weighted by molar-refractivity contribution is 7.89. The second-order valence-corrected chi connectivity index (χ2v) is 6.90. The van der Waals surface area contributed by atoms with Crippen LogP contribution in [0.15, 0.2) is 40.1 Å². The Balaban J connectivity index is 3.11. The van der Waals surface area contributed by atoms with Gasteiger partial charge in [-0.25, -0.2) is 4.21 Å². The molecule has 0 aliphatic heterocycles. The van der Waals surface area contributed by atoms with Crippen LogP contribution in [-0.4, -0.2) is 15.4 Å². The predicted molar refractivity (Wildman–Crippen MR) is 81.4 cm³/mol. The summed E-state index contributed by atoms with van der Waals surface area (Å²) in [5.74, 6) is 0.566. The molecular formula is C16H24O2S. The lowest BCUT2D eigenvalue weighted by atomic mass is 9.97. The van der Waals surface area contributed by atoms with Crippen molar-refractivity contribution in [2.45, 2.75) is 45.6 Å². The van der Waals surface area contributed by atoms with E-state index in [0.717, 1.165) is 15.4 Å². The number of hydrogen-bond acceptors (Lipinski definition) is 2. The third-order valence-electron chi connectivity index (χ3n) is 3.30. The van der Waals surface area contributed by atoms with E-state index >= 15 is 0 Å². The zero-order valence-corrected chi connectivity index (χ0v) is 13.2. The Kier molecular flexibility index (Phi) is 5.95. The fourth-order valence-corrected chi connectivity index (χ4v) is 3.33. The zero-order valence-electron chi connectivity index (χ0n) is 12.4. The van der Waals surface area contributed by atoms with Crippen LogP contribution in [0, 0.1) is 18.8 Å². The highest BCUT2D eigenvalue weighted by atomic mass is 32.2. The summed E-state index contributed by atoms with van der Waals surface area (Å²) in [5.41, 5.74) is 1.15. The second kappa shape index (κ2) is 7.01. The minimum absolute atomic E-state index is 0.178. The molecule has 1 rings (SSSR count). The third-order valence-corrected chi connectivity index (χ3v) is 4.94. The first-order chi connectivity index (χ1) is 8.82. The second-order valence-electron chi connectivity index (χ2n) is 5.42. The predicted octanol–water partition coefficient (Wildman–Crippen LogP) is 3.66. The van der Waals surface area contributed by atoms with Crippen molar-refractivity contribution < 1.29 is 9.32 Å². The summed E-state index contributed by atoms with van der Waals surface area (Å²) < 4.78 is 12.7. The Labute approximate surface area is 119 Å². The molecule has 3 heteroatoms. The molecule has 0 aromatic heterocycles. The first-order valence-electron chi connectivity index (χ1n) is 6.71. The molecule has 0 fully saturated rings. The van der Waals surface area contributed by atoms with E-state index in [2.05, 4.69) is 20.8 Å². The minimum atomic E-state index is -1.20. The lowest BCUT2D eigenvalue weighted by Gasteiger charge is -2.20. The molecule has 0 spiro atoms. The van der Waals surface area contributed by atoms with E-state index in [0.29, 0.717) is 5.92 Å². The minimum Gasteiger partial charge on any atom is -0.389 e. The van der Waals surface area contributed by atoms with Gasteiger partial charge < -0.3 is 5.11 Å². The maximum absolute atomic E-state index is 12.7. The highest BCUT2D eigenvalue weighted by Crippen LogP contribution is 2.27. The standard InChI is InChI=1S/C16H24O2S/c1-11(2)14(5)16(10-13(4)17)19(18)15-8-6-12(3)7-9-15/h6-11,13-14,17H,1-5H3/b16-10-/t13-,14+,19?/m0/s1. The van der Waals surface area contributed by atoms with Gasteiger partial charge in [-0.3, -0.25) is 0 Å². The van der Waals surface area contributed by atoms with Gasteiger partial charge in [0, 0.05) is 9.80 Å². The molecule has 1 aromatic carbocycles. The summed E-state index contributed by atoms with van der Waals surface area (Å²) >= 11 is 0. The molecule has 2 nitrogen and oxygen atoms in total. The molecule has 0 aliphatic carbocycles. The number of benzene rings is 1. The van der Waals surface area contributed by atoms with Gasteiger partial charge in [0.25, 0.3) is 0 Å². The SMILES string of the molecule is Cc1ccc(S(=O)/C(=C\[C@H](C)O)[C@H](C)C(C)C)cc1. The third kappa shape index (κ3) is 4.59. The largest absolute Gasteiger partial charge is 0.389 e. The molecule has 1 aromatic rings. The molecule has 3 atom stereocenters. The van der Waals surface area contributed by atoms with Crippen LogP contribution in [0.1, 0.15) is 33.3 Å². The van der Waals surface area contributed by atoms with Crippen molar-refractivity contribution >= 4 is 10.8 Å². The van der Waals surface area contributed by atoms with Gasteiger partial charge >= 0.3 is 0 Å². The van der Waals surface area contributed by atoms with E-state index in [1.54, 1.807) is 13.0 Å². The first kappa shape index (κ1) is 16.1. The molecular weight excluding hydrogens is 256 g/mol. The molecule has 0 heterocycles. The van der Waals surface area contributed by atoms with E-state index in [9.17, 15) is 9.32 Å². The topological polar surface area (TPSA) is 37.3 Å². The fourth-order valence-electron chi connectivity index (χ4n) is 1.75. The molecule has 19 heavy (non-hydrogen) atoms. The molecule has 0 saturated carbocycles. The maximum Gasteiger partial charge on any atom is 0.0808 e. The van der Waals surface area contributed by atoms with Gasteiger partial charge in [0.15, 0.2) is 0 Å². The van der Waals surface area contributed by atoms with Crippen molar-refractivity contribution in [1.29, 1.82) is 0 Å². The van der Waals surface area contributed by atoms with Crippen LogP contribution in [-0.2, 0) is 10.8 Å². The van der Waals surface area contributed by atoms with Gasteiger partial charge in [-0.05, 0) is 43.9 Å². The molecule has 0 radical (unpaired) electrons. The molecule has 0 aliphatic rings. The van der Waals surface area contributed by atoms with Gasteiger partial charge in [-0.15, -0.1) is 0 Å². The van der Waals surface area contributed by atoms with E-state index in [-0.39, 0.29) is 5.92 Å². The Morgan fingerprint density at radius 1 is 1.16 bits per heavy atom. The Morgan fingerprint density at radius 2 is 1.68 bits per heavy atom. The molecule has 1 unspecified atom stereocenters. The fraction of sp³-hybridized carbons (Fsp3) is 0.500. The lowest BCUT2D eigenvalue weighted by Crippen LogP contribution is -2.14. The summed E-state index contributed by atoms with van der Waals surface area (Å²) in [4.78, 5) is 1.61. The number of rotatable bonds is 5. The number of aliphatic hydroxyl groups is 1. The van der Waals surface area contributed by atoms with Crippen LogP contribution in [0.25, 0.3) is 0 Å². The number of aryl methyl sites for hydroxylation is 1. The molecule has 0 bridgehead atoms. The van der Waals surface area contributed by atoms with Gasteiger partial charge in [-0.1, -0.05) is 38.5 Å². The van der Waals surface area contributed by atoms with E-state index < -0.39 is 16.9 Å². The van der Waals surface area contributed by atoms with Crippen LogP contribution in [0.3, 0.4) is 0 Å². The van der Waals surface area contributed by atoms with Crippen LogP contribution in [0.2, 0.25) is 0 Å². The smallest absolute Gasteiger partial charge is 0.0808 e. The number of allylic oxidation sites excluding steroid dienone is 1. The molecule has 1 N–H and O–H groups in total. The van der Waals surface area contributed by atoms with Crippen LogP contribution in [0.5, 0.6) is 0 Å². The average Bonchev–Trinajstić information content (AvgIpc) is 2.35. The Bertz CT molecular complexity index is 458. The van der Waals surface area contributed by atoms with E-state index in [4.69, 9.17) is 0 Å². The summed E-state index contributed by atoms with van der Waals surface area (Å²) in [7, 11) is -1.20. The monoisotopic (exact) mass is 280 g/mol. The quantitative estimate of drug-likeness (QED) is 0.893. The Hall–Kier alpha value is -0.930. The summed E-state index contributed by atoms with van der Waals surface area (Å²) in [6.07, 6.45) is 1.14. The Morgan fingerprint density at radius 3 is 2.11 bits per heavy atom. The zero-order chi connectivity index (χ0) is 14.6. The first-order valence-corrected chi connectivity index (χ1v) is 7.86. The van der Waals surface area contributed by atoms with Crippen molar-refractivity contribution in [1.82, 2.24) is 0 Å². The normalized spacial score (nSPS) is 17.3. The highest BCUT2D eigenvalue weighted by Gasteiger charge is 2.20. The van der Waals surface area contributed by atoms with Crippen molar-refractivity contribution in [3.05, 3.63) is 40.8 Å². The van der Waals surface area contributed by atoms with Crippen LogP contribution >= 0.6 is 0 Å². The lowest BCUT2D eigenvalue weighted by molar-refractivity contribution is 0.242.